The maximum absolute atomic E-state index is 11.6. The van der Waals surface area contributed by atoms with Crippen molar-refractivity contribution in [2.24, 2.45) is 5.73 Å². The van der Waals surface area contributed by atoms with Crippen molar-refractivity contribution < 1.29 is 4.79 Å². The Hall–Kier alpha value is -1.06. The second-order valence-electron chi connectivity index (χ2n) is 3.92. The number of benzene rings is 1. The zero-order valence-corrected chi connectivity index (χ0v) is 10.2. The summed E-state index contributed by atoms with van der Waals surface area (Å²) >= 11 is 0. The van der Waals surface area contributed by atoms with Crippen LogP contribution in [0.25, 0.3) is 0 Å². The number of nitrogens with two attached hydrogens (primary N) is 1. The van der Waals surface area contributed by atoms with Crippen LogP contribution in [0.3, 0.4) is 0 Å². The van der Waals surface area contributed by atoms with Crippen molar-refractivity contribution in [3.05, 3.63) is 35.4 Å². The highest BCUT2D eigenvalue weighted by Crippen LogP contribution is 2.28. The predicted molar refractivity (Wildman–Crippen MR) is 66.6 cm³/mol. The summed E-state index contributed by atoms with van der Waals surface area (Å²) in [4.78, 5) is 13.5. The van der Waals surface area contributed by atoms with E-state index in [0.29, 0.717) is 0 Å². The van der Waals surface area contributed by atoms with Gasteiger partial charge in [0.1, 0.15) is 0 Å². The number of fused-ring (bicyclic) bond motifs is 1. The number of rotatable bonds is 1. The van der Waals surface area contributed by atoms with Crippen molar-refractivity contribution in [1.82, 2.24) is 4.90 Å². The Bertz CT molecular complexity index is 381. The summed E-state index contributed by atoms with van der Waals surface area (Å²) in [7, 11) is 0. The van der Waals surface area contributed by atoms with E-state index in [1.807, 2.05) is 17.0 Å². The van der Waals surface area contributed by atoms with E-state index in [-0.39, 0.29) is 30.9 Å². The Morgan fingerprint density at radius 3 is 2.88 bits per heavy atom. The molecule has 0 saturated heterocycles. The molecule has 0 spiro atoms. The molecule has 1 aromatic carbocycles. The van der Waals surface area contributed by atoms with Gasteiger partial charge in [-0.1, -0.05) is 24.3 Å². The molecule has 1 aliphatic heterocycles. The van der Waals surface area contributed by atoms with E-state index < -0.39 is 0 Å². The first kappa shape index (κ1) is 13.0. The van der Waals surface area contributed by atoms with Gasteiger partial charge in [-0.05, 0) is 24.5 Å². The van der Waals surface area contributed by atoms with Crippen LogP contribution >= 0.6 is 12.4 Å². The summed E-state index contributed by atoms with van der Waals surface area (Å²) in [6, 6.07) is 8.45. The van der Waals surface area contributed by atoms with E-state index in [9.17, 15) is 4.79 Å². The summed E-state index contributed by atoms with van der Waals surface area (Å²) in [5.74, 6) is 0.0389. The minimum atomic E-state index is 0. The number of carbonyl (C=O) groups is 1. The van der Waals surface area contributed by atoms with Gasteiger partial charge in [-0.25, -0.2) is 0 Å². The number of hydrogen-bond donors (Lipinski definition) is 1. The lowest BCUT2D eigenvalue weighted by Crippen LogP contribution is -2.41. The van der Waals surface area contributed by atoms with Crippen LogP contribution in [0.1, 0.15) is 24.1 Å². The van der Waals surface area contributed by atoms with Gasteiger partial charge in [0.15, 0.2) is 0 Å². The highest BCUT2D eigenvalue weighted by atomic mass is 35.5. The third kappa shape index (κ3) is 2.20. The van der Waals surface area contributed by atoms with Gasteiger partial charge in [0.2, 0.25) is 5.91 Å². The molecular formula is C12H17ClN2O. The van der Waals surface area contributed by atoms with E-state index in [1.54, 1.807) is 0 Å². The van der Waals surface area contributed by atoms with E-state index >= 15 is 0 Å². The average Bonchev–Trinajstić information content (AvgIpc) is 2.29. The topological polar surface area (TPSA) is 46.3 Å². The Labute approximate surface area is 102 Å². The van der Waals surface area contributed by atoms with Crippen LogP contribution in [0.2, 0.25) is 0 Å². The quantitative estimate of drug-likeness (QED) is 0.809. The fourth-order valence-electron chi connectivity index (χ4n) is 2.23. The third-order valence-corrected chi connectivity index (χ3v) is 3.09. The SMILES string of the molecule is CC1c2ccccc2CCN1C(=O)CN.Cl. The van der Waals surface area contributed by atoms with E-state index in [1.165, 1.54) is 11.1 Å². The molecule has 1 heterocycles. The Balaban J connectivity index is 0.00000128. The molecule has 1 unspecified atom stereocenters. The van der Waals surface area contributed by atoms with Gasteiger partial charge in [-0.2, -0.15) is 0 Å². The minimum Gasteiger partial charge on any atom is -0.334 e. The Kier molecular flexibility index (Phi) is 4.33. The molecule has 0 radical (unpaired) electrons. The molecule has 0 saturated carbocycles. The second kappa shape index (κ2) is 5.32. The van der Waals surface area contributed by atoms with Gasteiger partial charge >= 0.3 is 0 Å². The van der Waals surface area contributed by atoms with Crippen LogP contribution < -0.4 is 5.73 Å². The van der Waals surface area contributed by atoms with Crippen molar-refractivity contribution in [3.8, 4) is 0 Å². The second-order valence-corrected chi connectivity index (χ2v) is 3.92. The third-order valence-electron chi connectivity index (χ3n) is 3.09. The zero-order valence-electron chi connectivity index (χ0n) is 9.35. The molecule has 88 valence electrons. The number of carbonyl (C=O) groups excluding carboxylic acids is 1. The predicted octanol–water partition coefficient (Wildman–Crippen LogP) is 1.51. The van der Waals surface area contributed by atoms with Crippen LogP contribution in [-0.2, 0) is 11.2 Å². The van der Waals surface area contributed by atoms with Crippen molar-refractivity contribution >= 4 is 18.3 Å². The summed E-state index contributed by atoms with van der Waals surface area (Å²) in [6.07, 6.45) is 0.937. The molecule has 1 atom stereocenters. The molecule has 0 aliphatic carbocycles. The molecule has 3 nitrogen and oxygen atoms in total. The van der Waals surface area contributed by atoms with Gasteiger partial charge < -0.3 is 10.6 Å². The molecule has 16 heavy (non-hydrogen) atoms. The molecule has 1 aliphatic rings. The first-order valence-corrected chi connectivity index (χ1v) is 5.31. The van der Waals surface area contributed by atoms with Crippen LogP contribution in [0.4, 0.5) is 0 Å². The maximum Gasteiger partial charge on any atom is 0.236 e. The molecule has 1 aromatic rings. The van der Waals surface area contributed by atoms with Crippen LogP contribution in [0.5, 0.6) is 0 Å². The molecule has 4 heteroatoms. The molecule has 0 fully saturated rings. The molecule has 0 aromatic heterocycles. The molecule has 0 bridgehead atoms. The Morgan fingerprint density at radius 1 is 1.50 bits per heavy atom. The number of halogens is 1. The lowest BCUT2D eigenvalue weighted by molar-refractivity contribution is -0.132. The highest BCUT2D eigenvalue weighted by Gasteiger charge is 2.25. The zero-order chi connectivity index (χ0) is 10.8. The fraction of sp³-hybridized carbons (Fsp3) is 0.417. The van der Waals surface area contributed by atoms with Crippen LogP contribution in [0, 0.1) is 0 Å². The van der Waals surface area contributed by atoms with E-state index in [4.69, 9.17) is 5.73 Å². The van der Waals surface area contributed by atoms with Crippen LogP contribution in [0.15, 0.2) is 24.3 Å². The maximum atomic E-state index is 11.6. The van der Waals surface area contributed by atoms with E-state index in [0.717, 1.165) is 13.0 Å². The van der Waals surface area contributed by atoms with Gasteiger partial charge in [-0.15, -0.1) is 12.4 Å². The highest BCUT2D eigenvalue weighted by molar-refractivity contribution is 5.85. The fourth-order valence-corrected chi connectivity index (χ4v) is 2.23. The van der Waals surface area contributed by atoms with Gasteiger partial charge in [0, 0.05) is 6.54 Å². The number of nitrogens with zero attached hydrogens (tertiary/aromatic N) is 1. The standard InChI is InChI=1S/C12H16N2O.ClH/c1-9-11-5-3-2-4-10(11)6-7-14(9)12(15)8-13;/h2-5,9H,6-8,13H2,1H3;1H. The van der Waals surface area contributed by atoms with Crippen molar-refractivity contribution in [1.29, 1.82) is 0 Å². The van der Waals surface area contributed by atoms with E-state index in [2.05, 4.69) is 19.1 Å². The average molecular weight is 241 g/mol. The summed E-state index contributed by atoms with van der Waals surface area (Å²) < 4.78 is 0. The van der Waals surface area contributed by atoms with Crippen LogP contribution in [-0.4, -0.2) is 23.9 Å². The monoisotopic (exact) mass is 240 g/mol. The van der Waals surface area contributed by atoms with Gasteiger partial charge in [0.05, 0.1) is 12.6 Å². The number of hydrogen-bond acceptors (Lipinski definition) is 2. The summed E-state index contributed by atoms with van der Waals surface area (Å²) in [6.45, 7) is 2.95. The number of amides is 1. The van der Waals surface area contributed by atoms with Gasteiger partial charge in [0.25, 0.3) is 0 Å². The summed E-state index contributed by atoms with van der Waals surface area (Å²) in [5, 5.41) is 0. The largest absolute Gasteiger partial charge is 0.334 e. The molecule has 2 rings (SSSR count). The Morgan fingerprint density at radius 2 is 2.19 bits per heavy atom. The first-order chi connectivity index (χ1) is 7.24. The first-order valence-electron chi connectivity index (χ1n) is 5.31. The molecular weight excluding hydrogens is 224 g/mol. The molecule has 2 N–H and O–H groups in total. The normalized spacial score (nSPS) is 18.6. The smallest absolute Gasteiger partial charge is 0.236 e. The van der Waals surface area contributed by atoms with Crippen molar-refractivity contribution in [3.63, 3.8) is 0 Å². The van der Waals surface area contributed by atoms with Crippen molar-refractivity contribution in [2.75, 3.05) is 13.1 Å². The lowest BCUT2D eigenvalue weighted by Gasteiger charge is -2.35. The minimum absolute atomic E-state index is 0. The summed E-state index contributed by atoms with van der Waals surface area (Å²) in [5.41, 5.74) is 8.00. The van der Waals surface area contributed by atoms with Crippen molar-refractivity contribution in [2.45, 2.75) is 19.4 Å². The lowest BCUT2D eigenvalue weighted by atomic mass is 9.93. The van der Waals surface area contributed by atoms with Gasteiger partial charge in [-0.3, -0.25) is 4.79 Å². The molecule has 1 amide bonds.